The molecule has 3 aromatic carbocycles. The fraction of sp³-hybridized carbons (Fsp3) is 0.286. The van der Waals surface area contributed by atoms with Gasteiger partial charge in [-0.15, -0.1) is 0 Å². The maximum Gasteiger partial charge on any atom is 0.122 e. The van der Waals surface area contributed by atoms with Crippen LogP contribution in [-0.4, -0.2) is 27.3 Å². The molecule has 2 aliphatic rings. The van der Waals surface area contributed by atoms with Crippen LogP contribution in [0.25, 0.3) is 0 Å². The van der Waals surface area contributed by atoms with E-state index in [2.05, 4.69) is 78.9 Å². The van der Waals surface area contributed by atoms with Crippen molar-refractivity contribution >= 4 is 11.4 Å². The Morgan fingerprint density at radius 3 is 2.38 bits per heavy atom. The highest BCUT2D eigenvalue weighted by Crippen LogP contribution is 2.50. The monoisotopic (exact) mass is 426 g/mol. The van der Waals surface area contributed by atoms with E-state index in [0.717, 1.165) is 17.9 Å². The molecule has 164 valence electrons. The SMILES string of the molecule is CN(C)c1ccc(C2Nc3ccc(OCCOc4ccccc4)cc3C3C=CCC32)cc1. The van der Waals surface area contributed by atoms with Gasteiger partial charge < -0.3 is 19.7 Å². The second-order valence-electron chi connectivity index (χ2n) is 8.72. The lowest BCUT2D eigenvalue weighted by atomic mass is 9.77. The van der Waals surface area contributed by atoms with Gasteiger partial charge in [0.05, 0.1) is 6.04 Å². The number of benzene rings is 3. The number of para-hydroxylation sites is 1. The minimum Gasteiger partial charge on any atom is -0.490 e. The normalized spacial score (nSPS) is 20.8. The lowest BCUT2D eigenvalue weighted by Gasteiger charge is -2.37. The van der Waals surface area contributed by atoms with Crippen molar-refractivity contribution in [3.8, 4) is 11.5 Å². The highest BCUT2D eigenvalue weighted by molar-refractivity contribution is 5.62. The molecule has 32 heavy (non-hydrogen) atoms. The fourth-order valence-corrected chi connectivity index (χ4v) is 4.81. The van der Waals surface area contributed by atoms with Crippen molar-refractivity contribution in [1.82, 2.24) is 0 Å². The summed E-state index contributed by atoms with van der Waals surface area (Å²) in [6, 6.07) is 25.5. The second-order valence-corrected chi connectivity index (χ2v) is 8.72. The van der Waals surface area contributed by atoms with Crippen LogP contribution in [0.4, 0.5) is 11.4 Å². The standard InChI is InChI=1S/C28H30N2O2/c1-30(2)21-13-11-20(12-14-21)28-25-10-6-9-24(25)26-19-23(15-16-27(26)29-28)32-18-17-31-22-7-4-3-5-8-22/h3-9,11-16,19,24-25,28-29H,10,17-18H2,1-2H3. The number of anilines is 2. The van der Waals surface area contributed by atoms with Crippen LogP contribution >= 0.6 is 0 Å². The molecule has 0 amide bonds. The summed E-state index contributed by atoms with van der Waals surface area (Å²) >= 11 is 0. The van der Waals surface area contributed by atoms with Gasteiger partial charge >= 0.3 is 0 Å². The van der Waals surface area contributed by atoms with Gasteiger partial charge in [-0.3, -0.25) is 0 Å². The van der Waals surface area contributed by atoms with Gasteiger partial charge in [-0.05, 0) is 65.9 Å². The summed E-state index contributed by atoms with van der Waals surface area (Å²) in [4.78, 5) is 2.14. The van der Waals surface area contributed by atoms with Gasteiger partial charge in [-0.25, -0.2) is 0 Å². The first-order valence-corrected chi connectivity index (χ1v) is 11.3. The first-order valence-electron chi connectivity index (χ1n) is 11.3. The molecule has 3 aromatic rings. The van der Waals surface area contributed by atoms with E-state index in [0.29, 0.717) is 31.1 Å². The summed E-state index contributed by atoms with van der Waals surface area (Å²) in [5.74, 6) is 2.70. The number of hydrogen-bond acceptors (Lipinski definition) is 4. The van der Waals surface area contributed by atoms with Crippen molar-refractivity contribution in [2.24, 2.45) is 5.92 Å². The molecule has 0 spiro atoms. The van der Waals surface area contributed by atoms with Gasteiger partial charge in [-0.1, -0.05) is 42.5 Å². The molecule has 0 radical (unpaired) electrons. The van der Waals surface area contributed by atoms with Crippen molar-refractivity contribution in [3.05, 3.63) is 96.1 Å². The summed E-state index contributed by atoms with van der Waals surface area (Å²) < 4.78 is 11.8. The summed E-state index contributed by atoms with van der Waals surface area (Å²) in [5.41, 5.74) is 5.10. The lowest BCUT2D eigenvalue weighted by molar-refractivity contribution is 0.217. The zero-order valence-corrected chi connectivity index (χ0v) is 18.7. The molecule has 3 atom stereocenters. The molecule has 1 N–H and O–H groups in total. The Labute approximate surface area is 190 Å². The molecule has 0 bridgehead atoms. The molecule has 3 unspecified atom stereocenters. The number of allylic oxidation sites excluding steroid dienone is 2. The van der Waals surface area contributed by atoms with Crippen LogP contribution in [0.15, 0.2) is 84.9 Å². The van der Waals surface area contributed by atoms with Crippen molar-refractivity contribution < 1.29 is 9.47 Å². The second kappa shape index (κ2) is 8.99. The zero-order valence-electron chi connectivity index (χ0n) is 18.7. The van der Waals surface area contributed by atoms with Crippen molar-refractivity contribution in [1.29, 1.82) is 0 Å². The van der Waals surface area contributed by atoms with Crippen LogP contribution in [0.2, 0.25) is 0 Å². The van der Waals surface area contributed by atoms with Gasteiger partial charge in [0.15, 0.2) is 0 Å². The Kier molecular flexibility index (Phi) is 5.76. The first-order chi connectivity index (χ1) is 15.7. The zero-order chi connectivity index (χ0) is 21.9. The average Bonchev–Trinajstić information content (AvgIpc) is 3.32. The molecule has 1 aliphatic carbocycles. The predicted octanol–water partition coefficient (Wildman–Crippen LogP) is 6.04. The molecule has 1 heterocycles. The number of rotatable bonds is 7. The highest BCUT2D eigenvalue weighted by Gasteiger charge is 2.38. The van der Waals surface area contributed by atoms with E-state index in [1.54, 1.807) is 0 Å². The molecular formula is C28H30N2O2. The Morgan fingerprint density at radius 2 is 1.62 bits per heavy atom. The number of nitrogens with one attached hydrogen (secondary N) is 1. The molecule has 0 saturated heterocycles. The Bertz CT molecular complexity index is 1080. The number of fused-ring (bicyclic) bond motifs is 3. The number of nitrogens with zero attached hydrogens (tertiary/aromatic N) is 1. The number of hydrogen-bond donors (Lipinski definition) is 1. The summed E-state index contributed by atoms with van der Waals surface area (Å²) in [5, 5.41) is 3.82. The van der Waals surface area contributed by atoms with Gasteiger partial charge in [0.2, 0.25) is 0 Å². The third-order valence-corrected chi connectivity index (χ3v) is 6.47. The molecule has 0 saturated carbocycles. The Balaban J connectivity index is 1.28. The van der Waals surface area contributed by atoms with E-state index < -0.39 is 0 Å². The van der Waals surface area contributed by atoms with E-state index in [9.17, 15) is 0 Å². The van der Waals surface area contributed by atoms with E-state index >= 15 is 0 Å². The molecule has 4 nitrogen and oxygen atoms in total. The summed E-state index contributed by atoms with van der Waals surface area (Å²) in [7, 11) is 4.16. The quantitative estimate of drug-likeness (QED) is 0.369. The third-order valence-electron chi connectivity index (χ3n) is 6.47. The molecule has 0 aromatic heterocycles. The van der Waals surface area contributed by atoms with E-state index in [1.807, 2.05) is 30.3 Å². The van der Waals surface area contributed by atoms with E-state index in [-0.39, 0.29) is 0 Å². The molecular weight excluding hydrogens is 396 g/mol. The smallest absolute Gasteiger partial charge is 0.122 e. The maximum absolute atomic E-state index is 6.01. The predicted molar refractivity (Wildman–Crippen MR) is 131 cm³/mol. The summed E-state index contributed by atoms with van der Waals surface area (Å²) in [6.45, 7) is 1.04. The van der Waals surface area contributed by atoms with Crippen LogP contribution < -0.4 is 19.7 Å². The van der Waals surface area contributed by atoms with Crippen molar-refractivity contribution in [2.75, 3.05) is 37.5 Å². The van der Waals surface area contributed by atoms with Crippen LogP contribution in [-0.2, 0) is 0 Å². The van der Waals surface area contributed by atoms with Gasteiger partial charge in [-0.2, -0.15) is 0 Å². The fourth-order valence-electron chi connectivity index (χ4n) is 4.81. The molecule has 4 heteroatoms. The topological polar surface area (TPSA) is 33.7 Å². The van der Waals surface area contributed by atoms with Crippen molar-refractivity contribution in [2.45, 2.75) is 18.4 Å². The van der Waals surface area contributed by atoms with Gasteiger partial charge in [0.1, 0.15) is 24.7 Å². The molecule has 5 rings (SSSR count). The first kappa shape index (κ1) is 20.5. The summed E-state index contributed by atoms with van der Waals surface area (Å²) in [6.07, 6.45) is 5.79. The van der Waals surface area contributed by atoms with E-state index in [1.165, 1.54) is 22.5 Å². The Morgan fingerprint density at radius 1 is 0.875 bits per heavy atom. The van der Waals surface area contributed by atoms with Gasteiger partial charge in [0, 0.05) is 31.4 Å². The van der Waals surface area contributed by atoms with Crippen LogP contribution in [0.1, 0.15) is 29.5 Å². The minimum atomic E-state index is 0.310. The number of ether oxygens (including phenoxy) is 2. The lowest BCUT2D eigenvalue weighted by Crippen LogP contribution is -2.29. The Hall–Kier alpha value is -3.40. The minimum absolute atomic E-state index is 0.310. The largest absolute Gasteiger partial charge is 0.490 e. The highest BCUT2D eigenvalue weighted by atomic mass is 16.5. The average molecular weight is 427 g/mol. The third kappa shape index (κ3) is 4.18. The van der Waals surface area contributed by atoms with Crippen LogP contribution in [0, 0.1) is 5.92 Å². The molecule has 0 fully saturated rings. The van der Waals surface area contributed by atoms with Crippen molar-refractivity contribution in [3.63, 3.8) is 0 Å². The maximum atomic E-state index is 6.01. The van der Waals surface area contributed by atoms with Crippen LogP contribution in [0.3, 0.4) is 0 Å². The molecule has 1 aliphatic heterocycles. The van der Waals surface area contributed by atoms with Gasteiger partial charge in [0.25, 0.3) is 0 Å². The van der Waals surface area contributed by atoms with Crippen LogP contribution in [0.5, 0.6) is 11.5 Å². The van der Waals surface area contributed by atoms with E-state index in [4.69, 9.17) is 9.47 Å².